The summed E-state index contributed by atoms with van der Waals surface area (Å²) in [5.41, 5.74) is 3.24. The van der Waals surface area contributed by atoms with Gasteiger partial charge in [0.15, 0.2) is 0 Å². The molecule has 0 atom stereocenters. The number of aliphatic hydroxyl groups is 1. The normalized spacial score (nSPS) is 12.7. The van der Waals surface area contributed by atoms with Crippen LogP contribution in [0.15, 0.2) is 12.1 Å². The Hall–Kier alpha value is -0.795. The summed E-state index contributed by atoms with van der Waals surface area (Å²) in [6, 6.07) is 4.21. The Morgan fingerprint density at radius 1 is 1.00 bits per heavy atom. The van der Waals surface area contributed by atoms with Crippen molar-refractivity contribution in [3.63, 3.8) is 0 Å². The predicted octanol–water partition coefficient (Wildman–Crippen LogP) is 2.42. The second-order valence-electron chi connectivity index (χ2n) is 6.04. The lowest BCUT2D eigenvalue weighted by Gasteiger charge is -2.37. The molecule has 0 saturated heterocycles. The van der Waals surface area contributed by atoms with Crippen LogP contribution in [0, 0.1) is 20.8 Å². The third kappa shape index (κ3) is 3.15. The first-order valence-corrected chi connectivity index (χ1v) is 6.36. The van der Waals surface area contributed by atoms with Gasteiger partial charge in [0.2, 0.25) is 0 Å². The van der Waals surface area contributed by atoms with E-state index < -0.39 is 11.2 Å². The van der Waals surface area contributed by atoms with Crippen LogP contribution in [0.5, 0.6) is 0 Å². The molecule has 0 heterocycles. The highest BCUT2D eigenvalue weighted by atomic mass is 16.5. The van der Waals surface area contributed by atoms with Gasteiger partial charge in [0.1, 0.15) is 0 Å². The third-order valence-corrected chi connectivity index (χ3v) is 3.95. The highest BCUT2D eigenvalue weighted by Gasteiger charge is 2.35. The molecule has 1 aromatic carbocycles. The van der Waals surface area contributed by atoms with Crippen LogP contribution in [0.3, 0.4) is 0 Å². The van der Waals surface area contributed by atoms with E-state index in [1.807, 2.05) is 13.8 Å². The number of hydrogen-bond donors (Lipinski definition) is 1. The fourth-order valence-corrected chi connectivity index (χ4v) is 1.50. The number of rotatable bonds is 4. The molecule has 0 aromatic heterocycles. The molecule has 0 aliphatic rings. The van der Waals surface area contributed by atoms with Crippen molar-refractivity contribution in [3.05, 3.63) is 28.8 Å². The minimum Gasteiger partial charge on any atom is -0.427 e. The van der Waals surface area contributed by atoms with Gasteiger partial charge in [0.05, 0.1) is 11.2 Å². The van der Waals surface area contributed by atoms with E-state index in [4.69, 9.17) is 4.65 Å². The van der Waals surface area contributed by atoms with Crippen LogP contribution in [0.4, 0.5) is 0 Å². The molecule has 0 aliphatic carbocycles. The Balaban J connectivity index is 2.91. The van der Waals surface area contributed by atoms with Crippen LogP contribution in [0.1, 0.15) is 44.4 Å². The lowest BCUT2D eigenvalue weighted by Crippen LogP contribution is -2.49. The van der Waals surface area contributed by atoms with Crippen molar-refractivity contribution < 1.29 is 9.76 Å². The van der Waals surface area contributed by atoms with Crippen LogP contribution in [-0.2, 0) is 4.65 Å². The summed E-state index contributed by atoms with van der Waals surface area (Å²) < 4.78 is 5.82. The molecular weight excluding hydrogens is 223 g/mol. The van der Waals surface area contributed by atoms with Gasteiger partial charge in [-0.25, -0.2) is 0 Å². The SMILES string of the molecule is Cc1ccc(C)c([B]OC(C)(C)C(C)(C)O)c1C. The first-order valence-electron chi connectivity index (χ1n) is 6.36. The first-order chi connectivity index (χ1) is 8.06. The third-order valence-electron chi connectivity index (χ3n) is 3.95. The summed E-state index contributed by atoms with van der Waals surface area (Å²) in [7, 11) is 1.77. The van der Waals surface area contributed by atoms with Gasteiger partial charge >= 0.3 is 7.48 Å². The summed E-state index contributed by atoms with van der Waals surface area (Å²) in [6.45, 7) is 13.6. The Labute approximate surface area is 112 Å². The minimum absolute atomic E-state index is 0.629. The smallest absolute Gasteiger partial charge is 0.331 e. The first kappa shape index (κ1) is 15.3. The van der Waals surface area contributed by atoms with Crippen molar-refractivity contribution in [2.75, 3.05) is 0 Å². The summed E-state index contributed by atoms with van der Waals surface area (Å²) in [6.07, 6.45) is 0. The molecule has 1 radical (unpaired) electrons. The van der Waals surface area contributed by atoms with Gasteiger partial charge in [-0.3, -0.25) is 0 Å². The zero-order valence-corrected chi connectivity index (χ0v) is 12.6. The van der Waals surface area contributed by atoms with Crippen LogP contribution >= 0.6 is 0 Å². The molecule has 0 bridgehead atoms. The average molecular weight is 247 g/mol. The van der Waals surface area contributed by atoms with Gasteiger partial charge in [-0.05, 0) is 59.5 Å². The fraction of sp³-hybridized carbons (Fsp3) is 0.600. The van der Waals surface area contributed by atoms with Crippen molar-refractivity contribution in [1.29, 1.82) is 0 Å². The molecule has 1 aromatic rings. The molecule has 0 fully saturated rings. The highest BCUT2D eigenvalue weighted by molar-refractivity contribution is 6.48. The van der Waals surface area contributed by atoms with E-state index in [1.54, 1.807) is 21.3 Å². The van der Waals surface area contributed by atoms with E-state index in [-0.39, 0.29) is 0 Å². The van der Waals surface area contributed by atoms with Crippen LogP contribution in [0.2, 0.25) is 0 Å². The fourth-order valence-electron chi connectivity index (χ4n) is 1.50. The number of aryl methyl sites for hydroxylation is 2. The molecule has 0 spiro atoms. The second-order valence-corrected chi connectivity index (χ2v) is 6.04. The van der Waals surface area contributed by atoms with E-state index in [1.165, 1.54) is 16.7 Å². The van der Waals surface area contributed by atoms with Crippen molar-refractivity contribution in [1.82, 2.24) is 0 Å². The summed E-state index contributed by atoms with van der Waals surface area (Å²) in [5, 5.41) is 10.1. The van der Waals surface area contributed by atoms with Crippen molar-refractivity contribution in [2.45, 2.75) is 59.7 Å². The quantitative estimate of drug-likeness (QED) is 0.828. The maximum absolute atomic E-state index is 10.1. The number of benzene rings is 1. The molecule has 18 heavy (non-hydrogen) atoms. The van der Waals surface area contributed by atoms with E-state index in [9.17, 15) is 5.11 Å². The maximum atomic E-state index is 10.1. The standard InChI is InChI=1S/C15H24BO2/c1-10-8-9-11(2)13(12(10)3)16-18-15(6,7)14(4,5)17/h8-9,17H,1-7H3. The molecule has 0 aliphatic heterocycles. The molecule has 0 saturated carbocycles. The van der Waals surface area contributed by atoms with Crippen molar-refractivity contribution in [2.24, 2.45) is 0 Å². The molecule has 1 rings (SSSR count). The molecule has 3 heteroatoms. The molecule has 2 nitrogen and oxygen atoms in total. The van der Waals surface area contributed by atoms with E-state index in [2.05, 4.69) is 32.9 Å². The minimum atomic E-state index is -0.894. The Kier molecular flexibility index (Phi) is 4.29. The zero-order valence-electron chi connectivity index (χ0n) is 12.6. The van der Waals surface area contributed by atoms with Gasteiger partial charge in [0.25, 0.3) is 0 Å². The van der Waals surface area contributed by atoms with Crippen LogP contribution in [0.25, 0.3) is 0 Å². The lowest BCUT2D eigenvalue weighted by atomic mass is 9.77. The van der Waals surface area contributed by atoms with Crippen LogP contribution < -0.4 is 5.46 Å². The largest absolute Gasteiger partial charge is 0.427 e. The highest BCUT2D eigenvalue weighted by Crippen LogP contribution is 2.24. The van der Waals surface area contributed by atoms with Gasteiger partial charge in [-0.1, -0.05) is 23.3 Å². The maximum Gasteiger partial charge on any atom is 0.331 e. The summed E-state index contributed by atoms with van der Waals surface area (Å²) >= 11 is 0. The number of hydrogen-bond acceptors (Lipinski definition) is 2. The second kappa shape index (κ2) is 5.06. The van der Waals surface area contributed by atoms with Gasteiger partial charge < -0.3 is 9.76 Å². The average Bonchev–Trinajstić information content (AvgIpc) is 2.22. The Morgan fingerprint density at radius 2 is 1.50 bits per heavy atom. The monoisotopic (exact) mass is 247 g/mol. The Bertz CT molecular complexity index is 431. The molecule has 99 valence electrons. The molecule has 0 amide bonds. The van der Waals surface area contributed by atoms with E-state index in [0.717, 1.165) is 5.46 Å². The van der Waals surface area contributed by atoms with E-state index >= 15 is 0 Å². The summed E-state index contributed by atoms with van der Waals surface area (Å²) in [4.78, 5) is 0. The summed E-state index contributed by atoms with van der Waals surface area (Å²) in [5.74, 6) is 0. The molecule has 1 N–H and O–H groups in total. The topological polar surface area (TPSA) is 29.5 Å². The Morgan fingerprint density at radius 3 is 2.00 bits per heavy atom. The van der Waals surface area contributed by atoms with Crippen molar-refractivity contribution >= 4 is 12.9 Å². The van der Waals surface area contributed by atoms with Gasteiger partial charge in [-0.2, -0.15) is 0 Å². The van der Waals surface area contributed by atoms with Crippen LogP contribution in [-0.4, -0.2) is 23.8 Å². The molecular formula is C15H24BO2. The van der Waals surface area contributed by atoms with Crippen molar-refractivity contribution in [3.8, 4) is 0 Å². The predicted molar refractivity (Wildman–Crippen MR) is 77.5 cm³/mol. The zero-order chi connectivity index (χ0) is 14.1. The molecule has 0 unspecified atom stereocenters. The van der Waals surface area contributed by atoms with E-state index in [0.29, 0.717) is 0 Å². The van der Waals surface area contributed by atoms with Gasteiger partial charge in [0, 0.05) is 0 Å². The van der Waals surface area contributed by atoms with Gasteiger partial charge in [-0.15, -0.1) is 0 Å². The lowest BCUT2D eigenvalue weighted by molar-refractivity contribution is -0.0893.